The number of nitrogens with one attached hydrogen (secondary N) is 1. The first kappa shape index (κ1) is 17.1. The number of rotatable bonds is 3. The fourth-order valence-corrected chi connectivity index (χ4v) is 3.33. The molecule has 0 spiro atoms. The maximum atomic E-state index is 13.2. The molecule has 0 unspecified atom stereocenters. The quantitative estimate of drug-likeness (QED) is 0.476. The molecule has 5 rings (SSSR count). The lowest BCUT2D eigenvalue weighted by Crippen LogP contribution is -2.13. The highest BCUT2D eigenvalue weighted by Gasteiger charge is 2.15. The zero-order chi connectivity index (χ0) is 19.8. The molecule has 3 heterocycles. The van der Waals surface area contributed by atoms with Crippen molar-refractivity contribution in [2.75, 3.05) is 5.32 Å². The van der Waals surface area contributed by atoms with Gasteiger partial charge in [0, 0.05) is 10.9 Å². The van der Waals surface area contributed by atoms with E-state index in [9.17, 15) is 4.79 Å². The standard InChI is InChI=1S/C23H16N4O2/c1-14-18-11-16(13-24-23(18)29-27-14)25-22(28)19-12-21(15-7-3-2-4-8-15)26-20-10-6-5-9-17(19)20/h2-13H,1H3,(H,25,28). The zero-order valence-electron chi connectivity index (χ0n) is 15.6. The first-order valence-corrected chi connectivity index (χ1v) is 9.17. The van der Waals surface area contributed by atoms with Crippen LogP contribution >= 0.6 is 0 Å². The molecule has 6 nitrogen and oxygen atoms in total. The molecule has 140 valence electrons. The topological polar surface area (TPSA) is 80.9 Å². The number of hydrogen-bond acceptors (Lipinski definition) is 5. The van der Waals surface area contributed by atoms with E-state index in [1.807, 2.05) is 73.7 Å². The second-order valence-corrected chi connectivity index (χ2v) is 6.74. The van der Waals surface area contributed by atoms with Crippen molar-refractivity contribution in [3.8, 4) is 11.3 Å². The van der Waals surface area contributed by atoms with E-state index in [0.717, 1.165) is 33.2 Å². The summed E-state index contributed by atoms with van der Waals surface area (Å²) in [5, 5.41) is 8.40. The third kappa shape index (κ3) is 3.10. The van der Waals surface area contributed by atoms with E-state index in [1.165, 1.54) is 0 Å². The Morgan fingerprint density at radius 3 is 2.62 bits per heavy atom. The van der Waals surface area contributed by atoms with Gasteiger partial charge in [-0.1, -0.05) is 53.7 Å². The van der Waals surface area contributed by atoms with Crippen molar-refractivity contribution >= 4 is 33.6 Å². The highest BCUT2D eigenvalue weighted by molar-refractivity contribution is 6.13. The molecule has 2 aromatic carbocycles. The Morgan fingerprint density at radius 1 is 0.966 bits per heavy atom. The van der Waals surface area contributed by atoms with Gasteiger partial charge in [0.15, 0.2) is 0 Å². The van der Waals surface area contributed by atoms with Gasteiger partial charge in [-0.3, -0.25) is 4.79 Å². The molecule has 0 aliphatic carbocycles. The van der Waals surface area contributed by atoms with E-state index >= 15 is 0 Å². The van der Waals surface area contributed by atoms with E-state index in [-0.39, 0.29) is 5.91 Å². The summed E-state index contributed by atoms with van der Waals surface area (Å²) in [4.78, 5) is 22.1. The van der Waals surface area contributed by atoms with Gasteiger partial charge in [0.2, 0.25) is 0 Å². The molecule has 1 amide bonds. The summed E-state index contributed by atoms with van der Waals surface area (Å²) in [6, 6.07) is 21.1. The van der Waals surface area contributed by atoms with Gasteiger partial charge in [0.25, 0.3) is 11.6 Å². The van der Waals surface area contributed by atoms with Gasteiger partial charge in [0.1, 0.15) is 0 Å². The Hall–Kier alpha value is -4.06. The third-order valence-electron chi connectivity index (χ3n) is 4.80. The molecule has 3 aromatic heterocycles. The van der Waals surface area contributed by atoms with Crippen LogP contribution in [0.3, 0.4) is 0 Å². The van der Waals surface area contributed by atoms with Crippen molar-refractivity contribution in [1.82, 2.24) is 15.1 Å². The molecule has 0 atom stereocenters. The summed E-state index contributed by atoms with van der Waals surface area (Å²) in [7, 11) is 0. The van der Waals surface area contributed by atoms with Gasteiger partial charge in [-0.2, -0.15) is 0 Å². The lowest BCUT2D eigenvalue weighted by molar-refractivity contribution is 0.102. The highest BCUT2D eigenvalue weighted by atomic mass is 16.5. The summed E-state index contributed by atoms with van der Waals surface area (Å²) in [6.07, 6.45) is 1.56. The van der Waals surface area contributed by atoms with Crippen molar-refractivity contribution in [2.24, 2.45) is 0 Å². The van der Waals surface area contributed by atoms with Crippen molar-refractivity contribution in [2.45, 2.75) is 6.92 Å². The maximum absolute atomic E-state index is 13.2. The summed E-state index contributed by atoms with van der Waals surface area (Å²) < 4.78 is 5.13. The third-order valence-corrected chi connectivity index (χ3v) is 4.80. The van der Waals surface area contributed by atoms with Crippen molar-refractivity contribution < 1.29 is 9.32 Å². The van der Waals surface area contributed by atoms with Crippen LogP contribution in [-0.4, -0.2) is 21.0 Å². The molecule has 0 saturated heterocycles. The molecule has 5 aromatic rings. The first-order valence-electron chi connectivity index (χ1n) is 9.17. The number of anilines is 1. The Kier molecular flexibility index (Phi) is 4.02. The zero-order valence-corrected chi connectivity index (χ0v) is 15.6. The maximum Gasteiger partial charge on any atom is 0.258 e. The van der Waals surface area contributed by atoms with Crippen LogP contribution in [0.4, 0.5) is 5.69 Å². The lowest BCUT2D eigenvalue weighted by Gasteiger charge is -2.10. The average molecular weight is 380 g/mol. The van der Waals surface area contributed by atoms with Crippen LogP contribution in [0.1, 0.15) is 16.1 Å². The number of aromatic nitrogens is 3. The van der Waals surface area contributed by atoms with Gasteiger partial charge in [-0.05, 0) is 25.1 Å². The molecule has 6 heteroatoms. The number of fused-ring (bicyclic) bond motifs is 2. The smallest absolute Gasteiger partial charge is 0.258 e. The second-order valence-electron chi connectivity index (χ2n) is 6.74. The van der Waals surface area contributed by atoms with Crippen LogP contribution < -0.4 is 5.32 Å². The number of hydrogen-bond donors (Lipinski definition) is 1. The fraction of sp³-hybridized carbons (Fsp3) is 0.0435. The van der Waals surface area contributed by atoms with Crippen molar-refractivity contribution in [1.29, 1.82) is 0 Å². The van der Waals surface area contributed by atoms with Gasteiger partial charge in [-0.15, -0.1) is 0 Å². The van der Waals surface area contributed by atoms with E-state index in [0.29, 0.717) is 17.0 Å². The number of carbonyl (C=O) groups is 1. The molecule has 0 aliphatic heterocycles. The van der Waals surface area contributed by atoms with Gasteiger partial charge < -0.3 is 9.84 Å². The van der Waals surface area contributed by atoms with Gasteiger partial charge >= 0.3 is 0 Å². The predicted molar refractivity (Wildman–Crippen MR) is 112 cm³/mol. The minimum Gasteiger partial charge on any atom is -0.336 e. The van der Waals surface area contributed by atoms with Crippen LogP contribution in [-0.2, 0) is 0 Å². The van der Waals surface area contributed by atoms with Crippen LogP contribution in [0.25, 0.3) is 33.3 Å². The fourth-order valence-electron chi connectivity index (χ4n) is 3.33. The normalized spacial score (nSPS) is 11.1. The van der Waals surface area contributed by atoms with Crippen molar-refractivity contribution in [3.05, 3.63) is 84.2 Å². The Morgan fingerprint density at radius 2 is 1.76 bits per heavy atom. The summed E-state index contributed by atoms with van der Waals surface area (Å²) in [5.74, 6) is -0.226. The molecule has 1 N–H and O–H groups in total. The van der Waals surface area contributed by atoms with Crippen LogP contribution in [0.2, 0.25) is 0 Å². The number of benzene rings is 2. The summed E-state index contributed by atoms with van der Waals surface area (Å²) in [6.45, 7) is 1.83. The summed E-state index contributed by atoms with van der Waals surface area (Å²) >= 11 is 0. The lowest BCUT2D eigenvalue weighted by atomic mass is 10.0. The van der Waals surface area contributed by atoms with Gasteiger partial charge in [0.05, 0.1) is 39.7 Å². The second kappa shape index (κ2) is 6.83. The van der Waals surface area contributed by atoms with E-state index in [4.69, 9.17) is 9.51 Å². The van der Waals surface area contributed by atoms with E-state index < -0.39 is 0 Å². The molecule has 0 aliphatic rings. The van der Waals surface area contributed by atoms with E-state index in [2.05, 4.69) is 15.5 Å². The monoisotopic (exact) mass is 380 g/mol. The Balaban J connectivity index is 1.59. The Labute approximate surface area is 166 Å². The number of carbonyl (C=O) groups excluding carboxylic acids is 1. The molecule has 29 heavy (non-hydrogen) atoms. The largest absolute Gasteiger partial charge is 0.336 e. The number of para-hydroxylation sites is 1. The number of aryl methyl sites for hydroxylation is 1. The molecule has 0 radical (unpaired) electrons. The van der Waals surface area contributed by atoms with Gasteiger partial charge in [-0.25, -0.2) is 9.97 Å². The summed E-state index contributed by atoms with van der Waals surface area (Å²) in [5.41, 5.74) is 4.77. The first-order chi connectivity index (χ1) is 14.2. The van der Waals surface area contributed by atoms with Crippen LogP contribution in [0, 0.1) is 6.92 Å². The SMILES string of the molecule is Cc1noc2ncc(NC(=O)c3cc(-c4ccccc4)nc4ccccc34)cc12. The van der Waals surface area contributed by atoms with Crippen LogP contribution in [0.5, 0.6) is 0 Å². The average Bonchev–Trinajstić information content (AvgIpc) is 3.13. The number of pyridine rings is 2. The number of amides is 1. The molecular weight excluding hydrogens is 364 g/mol. The minimum absolute atomic E-state index is 0.226. The highest BCUT2D eigenvalue weighted by Crippen LogP contribution is 2.26. The van der Waals surface area contributed by atoms with E-state index in [1.54, 1.807) is 6.20 Å². The molecule has 0 bridgehead atoms. The Bertz CT molecular complexity index is 1360. The van der Waals surface area contributed by atoms with Crippen molar-refractivity contribution in [3.63, 3.8) is 0 Å². The molecule has 0 saturated carbocycles. The van der Waals surface area contributed by atoms with Crippen LogP contribution in [0.15, 0.2) is 77.4 Å². The number of nitrogens with zero attached hydrogens (tertiary/aromatic N) is 3. The molecular formula is C23H16N4O2. The predicted octanol–water partition coefficient (Wildman–Crippen LogP) is 5.00. The minimum atomic E-state index is -0.226. The molecule has 0 fully saturated rings.